The van der Waals surface area contributed by atoms with Crippen molar-refractivity contribution in [3.05, 3.63) is 64.7 Å². The molecule has 0 radical (unpaired) electrons. The molecule has 0 unspecified atom stereocenters. The molecule has 2 aromatic carbocycles. The van der Waals surface area contributed by atoms with E-state index < -0.39 is 6.03 Å². The third-order valence-corrected chi connectivity index (χ3v) is 3.78. The van der Waals surface area contributed by atoms with Crippen LogP contribution in [0.1, 0.15) is 11.1 Å². The van der Waals surface area contributed by atoms with Crippen LogP contribution in [0.5, 0.6) is 0 Å². The molecule has 5 nitrogen and oxygen atoms in total. The number of carbonyl (C=O) groups excluding carboxylic acids is 2. The van der Waals surface area contributed by atoms with E-state index in [1.807, 2.05) is 30.3 Å². The van der Waals surface area contributed by atoms with Crippen molar-refractivity contribution in [2.75, 3.05) is 18.5 Å². The lowest BCUT2D eigenvalue weighted by atomic mass is 10.0. The van der Waals surface area contributed by atoms with Crippen molar-refractivity contribution in [1.82, 2.24) is 5.32 Å². The molecule has 1 heterocycles. The predicted octanol–water partition coefficient (Wildman–Crippen LogP) is 2.86. The van der Waals surface area contributed by atoms with Gasteiger partial charge in [-0.2, -0.15) is 0 Å². The number of nitrogens with one attached hydrogen (secondary N) is 1. The Bertz CT molecular complexity index is 803. The maximum absolute atomic E-state index is 12.4. The zero-order valence-corrected chi connectivity index (χ0v) is 13.2. The summed E-state index contributed by atoms with van der Waals surface area (Å²) in [6, 6.07) is 14.0. The van der Waals surface area contributed by atoms with Crippen LogP contribution in [0, 0.1) is 0 Å². The number of fused-ring (bicyclic) bond motifs is 1. The van der Waals surface area contributed by atoms with Crippen LogP contribution in [0.4, 0.5) is 10.5 Å². The van der Waals surface area contributed by atoms with Gasteiger partial charge < -0.3 is 5.32 Å². The molecule has 0 saturated heterocycles. The number of urea groups is 1. The number of aliphatic imine (C=N–C) groups is 1. The summed E-state index contributed by atoms with van der Waals surface area (Å²) >= 11 is 6.12. The van der Waals surface area contributed by atoms with Crippen LogP contribution in [-0.4, -0.2) is 31.2 Å². The second-order valence-corrected chi connectivity index (χ2v) is 5.41. The molecule has 0 aromatic heterocycles. The highest BCUT2D eigenvalue weighted by Gasteiger charge is 2.29. The van der Waals surface area contributed by atoms with Crippen molar-refractivity contribution >= 4 is 34.9 Å². The molecule has 23 heavy (non-hydrogen) atoms. The number of anilines is 1. The Morgan fingerprint density at radius 3 is 2.65 bits per heavy atom. The molecule has 0 spiro atoms. The van der Waals surface area contributed by atoms with Gasteiger partial charge in [-0.3, -0.25) is 9.79 Å². The Hall–Kier alpha value is -2.66. The average Bonchev–Trinajstić information content (AvgIpc) is 2.71. The molecule has 1 aliphatic rings. The summed E-state index contributed by atoms with van der Waals surface area (Å²) in [7, 11) is 1.48. The largest absolute Gasteiger partial charge is 0.340 e. The minimum absolute atomic E-state index is 0.107. The number of rotatable bonds is 1. The van der Waals surface area contributed by atoms with Crippen LogP contribution < -0.4 is 10.2 Å². The number of hydrogen-bond donors (Lipinski definition) is 1. The third kappa shape index (κ3) is 2.83. The number of imide groups is 1. The predicted molar refractivity (Wildman–Crippen MR) is 90.3 cm³/mol. The Labute approximate surface area is 138 Å². The van der Waals surface area contributed by atoms with Gasteiger partial charge in [0.25, 0.3) is 5.91 Å². The van der Waals surface area contributed by atoms with Gasteiger partial charge in [0, 0.05) is 23.2 Å². The normalized spacial score (nSPS) is 13.9. The smallest absolute Gasteiger partial charge is 0.328 e. The molecule has 0 fully saturated rings. The fourth-order valence-corrected chi connectivity index (χ4v) is 2.68. The minimum atomic E-state index is -0.497. The topological polar surface area (TPSA) is 61.8 Å². The molecular formula is C17H14ClN3O2. The number of amides is 3. The Balaban J connectivity index is 2.22. The maximum Gasteiger partial charge on any atom is 0.328 e. The quantitative estimate of drug-likeness (QED) is 0.875. The van der Waals surface area contributed by atoms with Gasteiger partial charge in [0.1, 0.15) is 6.54 Å². The standard InChI is InChI=1S/C17H14ClN3O2/c1-19-17(23)21-14-8-7-12(18)9-13(14)16(20-10-15(21)22)11-5-3-2-4-6-11/h2-9H,10H2,1H3,(H,19,23). The summed E-state index contributed by atoms with van der Waals surface area (Å²) in [6.07, 6.45) is 0. The van der Waals surface area contributed by atoms with Gasteiger partial charge in [0.2, 0.25) is 0 Å². The van der Waals surface area contributed by atoms with E-state index in [1.165, 1.54) is 7.05 Å². The zero-order chi connectivity index (χ0) is 16.4. The molecular weight excluding hydrogens is 314 g/mol. The van der Waals surface area contributed by atoms with Crippen molar-refractivity contribution in [3.8, 4) is 0 Å². The lowest BCUT2D eigenvalue weighted by Crippen LogP contribution is -2.43. The van der Waals surface area contributed by atoms with Crippen molar-refractivity contribution < 1.29 is 9.59 Å². The SMILES string of the molecule is CNC(=O)N1C(=O)CN=C(c2ccccc2)c2cc(Cl)ccc21. The first-order chi connectivity index (χ1) is 11.1. The molecule has 0 saturated carbocycles. The first-order valence-corrected chi connectivity index (χ1v) is 7.44. The van der Waals surface area contributed by atoms with Crippen LogP contribution in [0.2, 0.25) is 5.02 Å². The van der Waals surface area contributed by atoms with Crippen LogP contribution in [0.3, 0.4) is 0 Å². The highest BCUT2D eigenvalue weighted by molar-refractivity contribution is 6.32. The molecule has 2 aromatic rings. The summed E-state index contributed by atoms with van der Waals surface area (Å²) < 4.78 is 0. The van der Waals surface area contributed by atoms with E-state index in [0.717, 1.165) is 10.5 Å². The van der Waals surface area contributed by atoms with E-state index in [2.05, 4.69) is 10.3 Å². The molecule has 3 amide bonds. The molecule has 0 aliphatic carbocycles. The highest BCUT2D eigenvalue weighted by atomic mass is 35.5. The summed E-state index contributed by atoms with van der Waals surface area (Å²) in [5, 5.41) is 3.00. The Morgan fingerprint density at radius 2 is 1.96 bits per heavy atom. The average molecular weight is 328 g/mol. The fourth-order valence-electron chi connectivity index (χ4n) is 2.51. The van der Waals surface area contributed by atoms with Crippen molar-refractivity contribution in [2.24, 2.45) is 4.99 Å². The number of benzodiazepines with no additional fused rings is 1. The van der Waals surface area contributed by atoms with Crippen molar-refractivity contribution in [1.29, 1.82) is 0 Å². The molecule has 6 heteroatoms. The molecule has 116 valence electrons. The number of benzene rings is 2. The van der Waals surface area contributed by atoms with Gasteiger partial charge in [0.05, 0.1) is 11.4 Å². The number of halogens is 1. The Morgan fingerprint density at radius 1 is 1.22 bits per heavy atom. The van der Waals surface area contributed by atoms with Gasteiger partial charge in [-0.1, -0.05) is 41.9 Å². The third-order valence-electron chi connectivity index (χ3n) is 3.54. The monoisotopic (exact) mass is 327 g/mol. The minimum Gasteiger partial charge on any atom is -0.340 e. The summed E-state index contributed by atoms with van der Waals surface area (Å²) in [5.74, 6) is -0.390. The van der Waals surface area contributed by atoms with Gasteiger partial charge in [-0.05, 0) is 18.2 Å². The van der Waals surface area contributed by atoms with E-state index in [1.54, 1.807) is 18.2 Å². The summed E-state index contributed by atoms with van der Waals surface area (Å²) in [4.78, 5) is 30.0. The number of hydrogen-bond acceptors (Lipinski definition) is 3. The van der Waals surface area contributed by atoms with E-state index in [9.17, 15) is 9.59 Å². The zero-order valence-electron chi connectivity index (χ0n) is 12.4. The second-order valence-electron chi connectivity index (χ2n) is 4.98. The van der Waals surface area contributed by atoms with Gasteiger partial charge in [-0.15, -0.1) is 0 Å². The lowest BCUT2D eigenvalue weighted by molar-refractivity contribution is -0.116. The van der Waals surface area contributed by atoms with Gasteiger partial charge in [-0.25, -0.2) is 9.69 Å². The second kappa shape index (κ2) is 6.22. The van der Waals surface area contributed by atoms with Crippen LogP contribution >= 0.6 is 11.6 Å². The first kappa shape index (κ1) is 15.2. The van der Waals surface area contributed by atoms with Crippen LogP contribution in [0.15, 0.2) is 53.5 Å². The van der Waals surface area contributed by atoms with Crippen molar-refractivity contribution in [2.45, 2.75) is 0 Å². The maximum atomic E-state index is 12.4. The molecule has 0 bridgehead atoms. The van der Waals surface area contributed by atoms with Crippen molar-refractivity contribution in [3.63, 3.8) is 0 Å². The van der Waals surface area contributed by atoms with Crippen LogP contribution in [0.25, 0.3) is 0 Å². The highest BCUT2D eigenvalue weighted by Crippen LogP contribution is 2.29. The molecule has 1 aliphatic heterocycles. The summed E-state index contributed by atoms with van der Waals surface area (Å²) in [6.45, 7) is -0.107. The van der Waals surface area contributed by atoms with Gasteiger partial charge >= 0.3 is 6.03 Å². The van der Waals surface area contributed by atoms with E-state index in [4.69, 9.17) is 11.6 Å². The lowest BCUT2D eigenvalue weighted by Gasteiger charge is -2.20. The molecule has 3 rings (SSSR count). The molecule has 1 N–H and O–H groups in total. The summed E-state index contributed by atoms with van der Waals surface area (Å²) in [5.41, 5.74) is 2.63. The Kier molecular flexibility index (Phi) is 4.12. The van der Waals surface area contributed by atoms with E-state index in [0.29, 0.717) is 22.0 Å². The number of carbonyl (C=O) groups is 2. The molecule has 0 atom stereocenters. The fraction of sp³-hybridized carbons (Fsp3) is 0.118. The van der Waals surface area contributed by atoms with Crippen LogP contribution in [-0.2, 0) is 4.79 Å². The van der Waals surface area contributed by atoms with E-state index >= 15 is 0 Å². The van der Waals surface area contributed by atoms with E-state index in [-0.39, 0.29) is 12.5 Å². The first-order valence-electron chi connectivity index (χ1n) is 7.06. The van der Waals surface area contributed by atoms with Gasteiger partial charge in [0.15, 0.2) is 0 Å². The number of nitrogens with zero attached hydrogens (tertiary/aromatic N) is 2.